The van der Waals surface area contributed by atoms with Crippen LogP contribution in [0.5, 0.6) is 0 Å². The van der Waals surface area contributed by atoms with Crippen LogP contribution in [-0.4, -0.2) is 18.4 Å². The van der Waals surface area contributed by atoms with Crippen molar-refractivity contribution in [1.29, 1.82) is 0 Å². The molecule has 2 aromatic rings. The SMILES string of the molecule is O=C(Nc1ccc(F)cc1F)C1CC1C(=O)N1CCCc2ccccc21. The molecule has 134 valence electrons. The highest BCUT2D eigenvalue weighted by atomic mass is 19.1. The highest BCUT2D eigenvalue weighted by Crippen LogP contribution is 2.42. The third-order valence-electron chi connectivity index (χ3n) is 5.01. The van der Waals surface area contributed by atoms with Crippen molar-refractivity contribution < 1.29 is 18.4 Å². The van der Waals surface area contributed by atoms with Gasteiger partial charge in [0.15, 0.2) is 0 Å². The lowest BCUT2D eigenvalue weighted by Crippen LogP contribution is -2.37. The Balaban J connectivity index is 1.44. The zero-order chi connectivity index (χ0) is 18.3. The van der Waals surface area contributed by atoms with Gasteiger partial charge < -0.3 is 10.2 Å². The first kappa shape index (κ1) is 16.7. The van der Waals surface area contributed by atoms with Gasteiger partial charge in [-0.2, -0.15) is 0 Å². The lowest BCUT2D eigenvalue weighted by Gasteiger charge is -2.29. The number of benzene rings is 2. The minimum atomic E-state index is -0.827. The molecule has 1 heterocycles. The van der Waals surface area contributed by atoms with Gasteiger partial charge in [-0.3, -0.25) is 9.59 Å². The molecule has 1 aliphatic heterocycles. The minimum absolute atomic E-state index is 0.0584. The molecule has 4 rings (SSSR count). The number of hydrogen-bond donors (Lipinski definition) is 1. The summed E-state index contributed by atoms with van der Waals surface area (Å²) in [6.07, 6.45) is 2.29. The van der Waals surface area contributed by atoms with Crippen LogP contribution >= 0.6 is 0 Å². The molecule has 0 bridgehead atoms. The van der Waals surface area contributed by atoms with Gasteiger partial charge in [0.05, 0.1) is 17.5 Å². The monoisotopic (exact) mass is 356 g/mol. The van der Waals surface area contributed by atoms with Gasteiger partial charge in [0, 0.05) is 18.3 Å². The molecule has 1 N–H and O–H groups in total. The number of fused-ring (bicyclic) bond motifs is 1. The van der Waals surface area contributed by atoms with Crippen LogP contribution in [0.15, 0.2) is 42.5 Å². The highest BCUT2D eigenvalue weighted by Gasteiger charge is 2.50. The van der Waals surface area contributed by atoms with Crippen LogP contribution in [0.3, 0.4) is 0 Å². The van der Waals surface area contributed by atoms with Crippen molar-refractivity contribution in [2.24, 2.45) is 11.8 Å². The molecule has 2 aliphatic rings. The molecule has 6 heteroatoms. The summed E-state index contributed by atoms with van der Waals surface area (Å²) in [6, 6.07) is 10.8. The molecule has 2 aromatic carbocycles. The quantitative estimate of drug-likeness (QED) is 0.915. The maximum atomic E-state index is 13.7. The van der Waals surface area contributed by atoms with E-state index in [9.17, 15) is 18.4 Å². The van der Waals surface area contributed by atoms with Crippen LogP contribution in [0.4, 0.5) is 20.2 Å². The summed E-state index contributed by atoms with van der Waals surface area (Å²) in [5, 5.41) is 2.45. The Labute approximate surface area is 149 Å². The Morgan fingerprint density at radius 1 is 1.08 bits per heavy atom. The van der Waals surface area contributed by atoms with Gasteiger partial charge in [-0.05, 0) is 43.0 Å². The Kier molecular flexibility index (Phi) is 4.18. The Morgan fingerprint density at radius 3 is 2.69 bits per heavy atom. The number of carbonyl (C=O) groups excluding carboxylic acids is 2. The summed E-state index contributed by atoms with van der Waals surface area (Å²) in [5.41, 5.74) is 1.99. The van der Waals surface area contributed by atoms with Crippen molar-refractivity contribution in [2.45, 2.75) is 19.3 Å². The molecule has 0 aromatic heterocycles. The second-order valence-electron chi connectivity index (χ2n) is 6.78. The van der Waals surface area contributed by atoms with E-state index in [0.29, 0.717) is 13.0 Å². The molecule has 2 unspecified atom stereocenters. The maximum absolute atomic E-state index is 13.7. The number of amides is 2. The Hall–Kier alpha value is -2.76. The average Bonchev–Trinajstić information content (AvgIpc) is 3.44. The molecule has 0 radical (unpaired) electrons. The molecule has 2 amide bonds. The molecule has 1 aliphatic carbocycles. The van der Waals surface area contributed by atoms with Gasteiger partial charge in [-0.15, -0.1) is 0 Å². The molecule has 1 fully saturated rings. The minimum Gasteiger partial charge on any atom is -0.323 e. The molecule has 4 nitrogen and oxygen atoms in total. The van der Waals surface area contributed by atoms with Gasteiger partial charge >= 0.3 is 0 Å². The Bertz CT molecular complexity index is 884. The highest BCUT2D eigenvalue weighted by molar-refractivity contribution is 6.04. The summed E-state index contributed by atoms with van der Waals surface area (Å²) in [7, 11) is 0. The molecule has 26 heavy (non-hydrogen) atoms. The van der Waals surface area contributed by atoms with Crippen molar-refractivity contribution in [2.75, 3.05) is 16.8 Å². The van der Waals surface area contributed by atoms with Gasteiger partial charge in [-0.25, -0.2) is 8.78 Å². The predicted molar refractivity (Wildman–Crippen MR) is 93.7 cm³/mol. The van der Waals surface area contributed by atoms with E-state index in [1.807, 2.05) is 24.3 Å². The summed E-state index contributed by atoms with van der Waals surface area (Å²) < 4.78 is 26.6. The number of rotatable bonds is 3. The summed E-state index contributed by atoms with van der Waals surface area (Å²) >= 11 is 0. The van der Waals surface area contributed by atoms with Crippen molar-refractivity contribution in [3.8, 4) is 0 Å². The largest absolute Gasteiger partial charge is 0.323 e. The smallest absolute Gasteiger partial charge is 0.230 e. The molecule has 2 atom stereocenters. The zero-order valence-corrected chi connectivity index (χ0v) is 14.0. The number of carbonyl (C=O) groups is 2. The summed E-state index contributed by atoms with van der Waals surface area (Å²) in [6.45, 7) is 0.646. The normalized spacial score (nSPS) is 21.1. The van der Waals surface area contributed by atoms with E-state index in [4.69, 9.17) is 0 Å². The van der Waals surface area contributed by atoms with Crippen molar-refractivity contribution in [3.05, 3.63) is 59.7 Å². The van der Waals surface area contributed by atoms with Crippen LogP contribution in [0.2, 0.25) is 0 Å². The van der Waals surface area contributed by atoms with Crippen molar-refractivity contribution in [3.63, 3.8) is 0 Å². The summed E-state index contributed by atoms with van der Waals surface area (Å²) in [4.78, 5) is 26.9. The molecule has 1 saturated carbocycles. The van der Waals surface area contributed by atoms with Crippen molar-refractivity contribution in [1.82, 2.24) is 0 Å². The third kappa shape index (κ3) is 3.07. The molecule has 0 saturated heterocycles. The summed E-state index contributed by atoms with van der Waals surface area (Å²) in [5.74, 6) is -2.85. The van der Waals surface area contributed by atoms with Crippen LogP contribution in [0.25, 0.3) is 0 Å². The molecular weight excluding hydrogens is 338 g/mol. The number of halogens is 2. The second-order valence-corrected chi connectivity index (χ2v) is 6.78. The fourth-order valence-electron chi connectivity index (χ4n) is 3.54. The first-order chi connectivity index (χ1) is 12.5. The number of nitrogens with one attached hydrogen (secondary N) is 1. The lowest BCUT2D eigenvalue weighted by atomic mass is 10.0. The fourth-order valence-corrected chi connectivity index (χ4v) is 3.54. The van der Waals surface area contributed by atoms with Crippen LogP contribution in [-0.2, 0) is 16.0 Å². The van der Waals surface area contributed by atoms with Crippen LogP contribution < -0.4 is 10.2 Å². The lowest BCUT2D eigenvalue weighted by molar-refractivity contribution is -0.123. The fraction of sp³-hybridized carbons (Fsp3) is 0.300. The van der Waals surface area contributed by atoms with E-state index in [0.717, 1.165) is 36.2 Å². The third-order valence-corrected chi connectivity index (χ3v) is 5.01. The zero-order valence-electron chi connectivity index (χ0n) is 14.0. The maximum Gasteiger partial charge on any atom is 0.230 e. The number of hydrogen-bond acceptors (Lipinski definition) is 2. The van der Waals surface area contributed by atoms with Crippen LogP contribution in [0.1, 0.15) is 18.4 Å². The van der Waals surface area contributed by atoms with Gasteiger partial charge in [0.25, 0.3) is 0 Å². The van der Waals surface area contributed by atoms with Gasteiger partial charge in [0.1, 0.15) is 11.6 Å². The molecule has 0 spiro atoms. The topological polar surface area (TPSA) is 49.4 Å². The second kappa shape index (κ2) is 6.52. The van der Waals surface area contributed by atoms with E-state index in [2.05, 4.69) is 5.32 Å². The van der Waals surface area contributed by atoms with Crippen LogP contribution in [0, 0.1) is 23.5 Å². The van der Waals surface area contributed by atoms with Gasteiger partial charge in [0.2, 0.25) is 11.8 Å². The van der Waals surface area contributed by atoms with E-state index in [1.165, 1.54) is 6.07 Å². The van der Waals surface area contributed by atoms with E-state index < -0.39 is 23.5 Å². The van der Waals surface area contributed by atoms with Crippen molar-refractivity contribution >= 4 is 23.2 Å². The number of nitrogens with zero attached hydrogens (tertiary/aromatic N) is 1. The number of para-hydroxylation sites is 1. The number of aryl methyl sites for hydroxylation is 1. The predicted octanol–water partition coefficient (Wildman–Crippen LogP) is 3.52. The first-order valence-corrected chi connectivity index (χ1v) is 8.70. The molecular formula is C20H18F2N2O2. The first-order valence-electron chi connectivity index (χ1n) is 8.70. The van der Waals surface area contributed by atoms with E-state index >= 15 is 0 Å². The van der Waals surface area contributed by atoms with E-state index in [1.54, 1.807) is 4.90 Å². The Morgan fingerprint density at radius 2 is 1.88 bits per heavy atom. The van der Waals surface area contributed by atoms with Gasteiger partial charge in [-0.1, -0.05) is 18.2 Å². The van der Waals surface area contributed by atoms with E-state index in [-0.39, 0.29) is 17.5 Å². The standard InChI is InChI=1S/C20H18F2N2O2/c21-13-7-8-17(16(22)10-13)23-19(25)14-11-15(14)20(26)24-9-3-5-12-4-1-2-6-18(12)24/h1-2,4,6-8,10,14-15H,3,5,9,11H2,(H,23,25). The average molecular weight is 356 g/mol. The number of anilines is 2.